The molecule has 144 valence electrons. The summed E-state index contributed by atoms with van der Waals surface area (Å²) in [5.74, 6) is -0.0679. The van der Waals surface area contributed by atoms with Crippen molar-refractivity contribution in [3.8, 4) is 0 Å². The Balaban J connectivity index is 1.89. The van der Waals surface area contributed by atoms with Crippen LogP contribution in [0.1, 0.15) is 42.3 Å². The minimum atomic E-state index is -3.63. The zero-order chi connectivity index (χ0) is 19.6. The molecule has 1 amide bonds. The van der Waals surface area contributed by atoms with E-state index in [0.29, 0.717) is 17.1 Å². The number of fused-ring (bicyclic) bond motifs is 1. The topological polar surface area (TPSA) is 101 Å². The fraction of sp³-hybridized carbons (Fsp3) is 0.389. The molecule has 27 heavy (non-hydrogen) atoms. The van der Waals surface area contributed by atoms with Gasteiger partial charge in [0, 0.05) is 10.4 Å². The Morgan fingerprint density at radius 3 is 2.74 bits per heavy atom. The zero-order valence-corrected chi connectivity index (χ0v) is 17.1. The third kappa shape index (κ3) is 4.19. The number of hydrogen-bond acceptors (Lipinski definition) is 6. The second kappa shape index (κ2) is 7.77. The lowest BCUT2D eigenvalue weighted by Gasteiger charge is -2.12. The van der Waals surface area contributed by atoms with Crippen molar-refractivity contribution in [2.45, 2.75) is 51.0 Å². The first kappa shape index (κ1) is 19.5. The van der Waals surface area contributed by atoms with Crippen LogP contribution in [-0.4, -0.2) is 31.2 Å². The molecule has 2 N–H and O–H groups in total. The maximum absolute atomic E-state index is 12.8. The van der Waals surface area contributed by atoms with Crippen LogP contribution in [0.4, 0.5) is 5.13 Å². The van der Waals surface area contributed by atoms with Crippen molar-refractivity contribution in [2.75, 3.05) is 5.32 Å². The van der Waals surface area contributed by atoms with Gasteiger partial charge < -0.3 is 5.32 Å². The zero-order valence-electron chi connectivity index (χ0n) is 15.4. The van der Waals surface area contributed by atoms with Gasteiger partial charge in [0.1, 0.15) is 11.9 Å². The minimum Gasteiger partial charge on any atom is -0.300 e. The second-order valence-corrected chi connectivity index (χ2v) is 9.24. The van der Waals surface area contributed by atoms with Gasteiger partial charge >= 0.3 is 0 Å². The predicted molar refractivity (Wildman–Crippen MR) is 107 cm³/mol. The first-order chi connectivity index (χ1) is 12.8. The smallest absolute Gasteiger partial charge is 0.263 e. The number of amides is 1. The summed E-state index contributed by atoms with van der Waals surface area (Å²) in [7, 11) is -3.63. The van der Waals surface area contributed by atoms with E-state index in [1.54, 1.807) is 18.2 Å². The number of anilines is 1. The Kier molecular flexibility index (Phi) is 5.61. The number of nitrogens with one attached hydrogen (secondary N) is 2. The van der Waals surface area contributed by atoms with Crippen LogP contribution in [-0.2, 0) is 14.8 Å². The monoisotopic (exact) mass is 406 g/mol. The van der Waals surface area contributed by atoms with E-state index in [9.17, 15) is 13.2 Å². The number of thiazole rings is 1. The number of carbonyl (C=O) groups is 1. The molecule has 1 unspecified atom stereocenters. The summed E-state index contributed by atoms with van der Waals surface area (Å²) >= 11 is 1.41. The summed E-state index contributed by atoms with van der Waals surface area (Å²) in [6.07, 6.45) is 2.24. The van der Waals surface area contributed by atoms with Gasteiger partial charge in [0.25, 0.3) is 15.9 Å². The Bertz CT molecular complexity index is 976. The molecule has 2 heterocycles. The molecule has 1 aliphatic heterocycles. The third-order valence-corrected chi connectivity index (χ3v) is 6.73. The first-order valence-electron chi connectivity index (χ1n) is 8.76. The number of aliphatic imine (C=N–C) groups is 1. The van der Waals surface area contributed by atoms with E-state index in [0.717, 1.165) is 23.4 Å². The lowest BCUT2D eigenvalue weighted by molar-refractivity contribution is -0.117. The fourth-order valence-corrected chi connectivity index (χ4v) is 4.81. The summed E-state index contributed by atoms with van der Waals surface area (Å²) in [5.41, 5.74) is 1.37. The standard InChI is InChI=1S/C18H22N4O3S2/c1-4-5-9-14(17(23)21-18-19-11(2)12(3)26-18)20-16-13-8-6-7-10-15(13)27(24,25)22-16/h6-8,10,14H,4-5,9H2,1-3H3,(H,20,22)(H,19,21,23). The Morgan fingerprint density at radius 1 is 1.33 bits per heavy atom. The van der Waals surface area contributed by atoms with Crippen LogP contribution in [0.3, 0.4) is 0 Å². The Hall–Kier alpha value is -2.26. The van der Waals surface area contributed by atoms with Gasteiger partial charge in [0.15, 0.2) is 5.13 Å². The Labute approximate surface area is 163 Å². The number of rotatable bonds is 6. The molecule has 1 aliphatic rings. The maximum Gasteiger partial charge on any atom is 0.263 e. The van der Waals surface area contributed by atoms with E-state index in [1.807, 2.05) is 20.8 Å². The molecular formula is C18H22N4O3S2. The van der Waals surface area contributed by atoms with Crippen LogP contribution in [0.2, 0.25) is 0 Å². The third-order valence-electron chi connectivity index (χ3n) is 4.34. The van der Waals surface area contributed by atoms with Crippen molar-refractivity contribution in [1.82, 2.24) is 9.71 Å². The van der Waals surface area contributed by atoms with Crippen LogP contribution >= 0.6 is 11.3 Å². The molecule has 9 heteroatoms. The normalized spacial score (nSPS) is 17.4. The van der Waals surface area contributed by atoms with Crippen molar-refractivity contribution in [2.24, 2.45) is 4.99 Å². The lowest BCUT2D eigenvalue weighted by atomic mass is 10.1. The van der Waals surface area contributed by atoms with Crippen LogP contribution in [0.15, 0.2) is 34.2 Å². The van der Waals surface area contributed by atoms with Crippen molar-refractivity contribution in [1.29, 1.82) is 0 Å². The highest BCUT2D eigenvalue weighted by Crippen LogP contribution is 2.24. The van der Waals surface area contributed by atoms with Gasteiger partial charge in [-0.2, -0.15) is 0 Å². The Morgan fingerprint density at radius 2 is 2.07 bits per heavy atom. The van der Waals surface area contributed by atoms with Crippen molar-refractivity contribution in [3.63, 3.8) is 0 Å². The average molecular weight is 407 g/mol. The highest BCUT2D eigenvalue weighted by atomic mass is 32.2. The molecule has 1 aromatic heterocycles. The number of carbonyl (C=O) groups excluding carboxylic acids is 1. The van der Waals surface area contributed by atoms with Crippen LogP contribution in [0.25, 0.3) is 0 Å². The molecule has 1 atom stereocenters. The van der Waals surface area contributed by atoms with E-state index < -0.39 is 16.1 Å². The largest absolute Gasteiger partial charge is 0.300 e. The molecule has 0 saturated carbocycles. The van der Waals surface area contributed by atoms with E-state index in [1.165, 1.54) is 17.4 Å². The summed E-state index contributed by atoms with van der Waals surface area (Å²) < 4.78 is 27.0. The van der Waals surface area contributed by atoms with Crippen LogP contribution in [0.5, 0.6) is 0 Å². The van der Waals surface area contributed by atoms with E-state index >= 15 is 0 Å². The number of unbranched alkanes of at least 4 members (excludes halogenated alkanes) is 1. The molecule has 0 saturated heterocycles. The van der Waals surface area contributed by atoms with E-state index in [2.05, 4.69) is 20.0 Å². The van der Waals surface area contributed by atoms with E-state index in [-0.39, 0.29) is 16.6 Å². The van der Waals surface area contributed by atoms with Crippen LogP contribution < -0.4 is 10.0 Å². The number of aryl methyl sites for hydroxylation is 2. The van der Waals surface area contributed by atoms with Crippen molar-refractivity contribution < 1.29 is 13.2 Å². The molecule has 1 aromatic carbocycles. The molecule has 0 fully saturated rings. The number of hydrogen-bond donors (Lipinski definition) is 2. The van der Waals surface area contributed by atoms with Gasteiger partial charge in [-0.05, 0) is 32.4 Å². The number of amidine groups is 1. The highest BCUT2D eigenvalue weighted by Gasteiger charge is 2.31. The maximum atomic E-state index is 12.8. The number of sulfonamides is 1. The molecular weight excluding hydrogens is 384 g/mol. The molecule has 0 spiro atoms. The average Bonchev–Trinajstić information content (AvgIpc) is 3.07. The summed E-state index contributed by atoms with van der Waals surface area (Å²) in [4.78, 5) is 22.8. The van der Waals surface area contributed by atoms with Crippen molar-refractivity contribution in [3.05, 3.63) is 40.4 Å². The number of nitrogens with zero attached hydrogens (tertiary/aromatic N) is 2. The fourth-order valence-electron chi connectivity index (χ4n) is 2.75. The molecule has 3 rings (SSSR count). The second-order valence-electron chi connectivity index (χ2n) is 6.39. The highest BCUT2D eigenvalue weighted by molar-refractivity contribution is 7.90. The minimum absolute atomic E-state index is 0.185. The number of benzene rings is 1. The summed E-state index contributed by atoms with van der Waals surface area (Å²) in [6.45, 7) is 5.87. The molecule has 7 nitrogen and oxygen atoms in total. The van der Waals surface area contributed by atoms with Gasteiger partial charge in [-0.3, -0.25) is 14.5 Å². The number of aromatic nitrogens is 1. The van der Waals surface area contributed by atoms with Crippen LogP contribution in [0, 0.1) is 13.8 Å². The molecule has 2 aromatic rings. The summed E-state index contributed by atoms with van der Waals surface area (Å²) in [6, 6.07) is 5.93. The van der Waals surface area contributed by atoms with Gasteiger partial charge in [-0.1, -0.05) is 31.9 Å². The molecule has 0 aliphatic carbocycles. The van der Waals surface area contributed by atoms with E-state index in [4.69, 9.17) is 0 Å². The van der Waals surface area contributed by atoms with Gasteiger partial charge in [-0.15, -0.1) is 11.3 Å². The van der Waals surface area contributed by atoms with Gasteiger partial charge in [0.05, 0.1) is 10.6 Å². The SMILES string of the molecule is CCCCC(N=C1NS(=O)(=O)c2ccccc21)C(=O)Nc1nc(C)c(C)s1. The van der Waals surface area contributed by atoms with Gasteiger partial charge in [-0.25, -0.2) is 13.4 Å². The van der Waals surface area contributed by atoms with Gasteiger partial charge in [0.2, 0.25) is 0 Å². The van der Waals surface area contributed by atoms with Crippen molar-refractivity contribution >= 4 is 38.2 Å². The molecule has 0 radical (unpaired) electrons. The quantitative estimate of drug-likeness (QED) is 0.770. The predicted octanol–water partition coefficient (Wildman–Crippen LogP) is 3.00. The lowest BCUT2D eigenvalue weighted by Crippen LogP contribution is -2.30. The first-order valence-corrected chi connectivity index (χ1v) is 11.1. The molecule has 0 bridgehead atoms. The summed E-state index contributed by atoms with van der Waals surface area (Å²) in [5, 5.41) is 3.35.